The van der Waals surface area contributed by atoms with Crippen molar-refractivity contribution in [2.75, 3.05) is 20.1 Å². The van der Waals surface area contributed by atoms with E-state index in [0.29, 0.717) is 17.7 Å². The maximum absolute atomic E-state index is 12.9. The number of benzene rings is 1. The molecular formula is C19H24N4O4. The van der Waals surface area contributed by atoms with Crippen molar-refractivity contribution in [1.82, 2.24) is 20.9 Å². The summed E-state index contributed by atoms with van der Waals surface area (Å²) in [5, 5.41) is 8.60. The summed E-state index contributed by atoms with van der Waals surface area (Å²) in [6.07, 6.45) is 2.34. The minimum atomic E-state index is -0.933. The fourth-order valence-electron chi connectivity index (χ4n) is 3.51. The first-order chi connectivity index (χ1) is 13.0. The van der Waals surface area contributed by atoms with Crippen LogP contribution in [0.2, 0.25) is 0 Å². The van der Waals surface area contributed by atoms with Crippen molar-refractivity contribution in [3.05, 3.63) is 34.9 Å². The molecule has 3 rings (SSSR count). The van der Waals surface area contributed by atoms with E-state index in [9.17, 15) is 19.2 Å². The SMILES string of the molecule is CNCCCCNCc1cccc2c1C(=O)N(C1CCC(=O)NC1=O)C2=O. The fraction of sp³-hybridized carbons (Fsp3) is 0.474. The van der Waals surface area contributed by atoms with Crippen molar-refractivity contribution >= 4 is 23.6 Å². The lowest BCUT2D eigenvalue weighted by molar-refractivity contribution is -0.136. The van der Waals surface area contributed by atoms with E-state index in [1.165, 1.54) is 0 Å². The van der Waals surface area contributed by atoms with E-state index in [2.05, 4.69) is 16.0 Å². The van der Waals surface area contributed by atoms with Crippen LogP contribution in [0.3, 0.4) is 0 Å². The monoisotopic (exact) mass is 372 g/mol. The van der Waals surface area contributed by atoms with E-state index in [1.54, 1.807) is 12.1 Å². The van der Waals surface area contributed by atoms with E-state index in [0.717, 1.165) is 36.4 Å². The number of nitrogens with zero attached hydrogens (tertiary/aromatic N) is 1. The average Bonchev–Trinajstić information content (AvgIpc) is 2.90. The molecule has 0 saturated carbocycles. The normalized spacial score (nSPS) is 19.4. The van der Waals surface area contributed by atoms with Crippen molar-refractivity contribution < 1.29 is 19.2 Å². The summed E-state index contributed by atoms with van der Waals surface area (Å²) in [5.41, 5.74) is 1.42. The number of amides is 4. The van der Waals surface area contributed by atoms with Crippen molar-refractivity contribution in [3.8, 4) is 0 Å². The van der Waals surface area contributed by atoms with Gasteiger partial charge in [-0.2, -0.15) is 0 Å². The topological polar surface area (TPSA) is 108 Å². The molecule has 1 fully saturated rings. The molecule has 8 heteroatoms. The first-order valence-corrected chi connectivity index (χ1v) is 9.23. The highest BCUT2D eigenvalue weighted by Crippen LogP contribution is 2.29. The third-order valence-electron chi connectivity index (χ3n) is 4.90. The Morgan fingerprint density at radius 1 is 1.11 bits per heavy atom. The van der Waals surface area contributed by atoms with Gasteiger partial charge in [0, 0.05) is 13.0 Å². The molecule has 0 spiro atoms. The van der Waals surface area contributed by atoms with Crippen LogP contribution in [0.4, 0.5) is 0 Å². The van der Waals surface area contributed by atoms with Gasteiger partial charge in [0.1, 0.15) is 6.04 Å². The minimum Gasteiger partial charge on any atom is -0.320 e. The van der Waals surface area contributed by atoms with Crippen LogP contribution in [0.5, 0.6) is 0 Å². The van der Waals surface area contributed by atoms with Gasteiger partial charge in [0.2, 0.25) is 11.8 Å². The second kappa shape index (κ2) is 8.41. The van der Waals surface area contributed by atoms with Gasteiger partial charge in [-0.1, -0.05) is 12.1 Å². The molecule has 1 atom stereocenters. The van der Waals surface area contributed by atoms with Gasteiger partial charge in [0.05, 0.1) is 11.1 Å². The third kappa shape index (κ3) is 3.91. The highest BCUT2D eigenvalue weighted by molar-refractivity contribution is 6.24. The number of rotatable bonds is 8. The fourth-order valence-corrected chi connectivity index (χ4v) is 3.51. The van der Waals surface area contributed by atoms with Crippen LogP contribution in [0, 0.1) is 0 Å². The summed E-state index contributed by atoms with van der Waals surface area (Å²) in [4.78, 5) is 50.2. The molecular weight excluding hydrogens is 348 g/mol. The Morgan fingerprint density at radius 3 is 2.63 bits per heavy atom. The Balaban J connectivity index is 1.72. The largest absolute Gasteiger partial charge is 0.320 e. The van der Waals surface area contributed by atoms with Gasteiger partial charge < -0.3 is 10.6 Å². The van der Waals surface area contributed by atoms with Gasteiger partial charge in [-0.3, -0.25) is 29.4 Å². The van der Waals surface area contributed by atoms with E-state index < -0.39 is 23.8 Å². The zero-order chi connectivity index (χ0) is 19.4. The van der Waals surface area contributed by atoms with Crippen LogP contribution < -0.4 is 16.0 Å². The van der Waals surface area contributed by atoms with Gasteiger partial charge in [-0.15, -0.1) is 0 Å². The first kappa shape index (κ1) is 19.2. The molecule has 27 heavy (non-hydrogen) atoms. The molecule has 0 aliphatic carbocycles. The lowest BCUT2D eigenvalue weighted by atomic mass is 10.0. The Kier molecular flexibility index (Phi) is 5.98. The lowest BCUT2D eigenvalue weighted by Gasteiger charge is -2.27. The third-order valence-corrected chi connectivity index (χ3v) is 4.90. The number of carbonyl (C=O) groups excluding carboxylic acids is 4. The summed E-state index contributed by atoms with van der Waals surface area (Å²) >= 11 is 0. The average molecular weight is 372 g/mol. The number of imide groups is 2. The molecule has 2 aliphatic rings. The molecule has 0 bridgehead atoms. The number of hydrogen-bond donors (Lipinski definition) is 3. The molecule has 4 amide bonds. The van der Waals surface area contributed by atoms with Crippen LogP contribution >= 0.6 is 0 Å². The Bertz CT molecular complexity index is 777. The van der Waals surface area contributed by atoms with Crippen LogP contribution in [0.15, 0.2) is 18.2 Å². The number of unbranched alkanes of at least 4 members (excludes halogenated alkanes) is 1. The Morgan fingerprint density at radius 2 is 1.89 bits per heavy atom. The van der Waals surface area contributed by atoms with Gasteiger partial charge in [0.15, 0.2) is 0 Å². The van der Waals surface area contributed by atoms with Crippen molar-refractivity contribution in [2.45, 2.75) is 38.3 Å². The summed E-state index contributed by atoms with van der Waals surface area (Å²) in [7, 11) is 1.91. The highest BCUT2D eigenvalue weighted by Gasteiger charge is 2.45. The molecule has 8 nitrogen and oxygen atoms in total. The van der Waals surface area contributed by atoms with Gasteiger partial charge in [0.25, 0.3) is 11.8 Å². The molecule has 0 aromatic heterocycles. The predicted octanol–water partition coefficient (Wildman–Crippen LogP) is 0.177. The zero-order valence-corrected chi connectivity index (χ0v) is 15.3. The Hall–Kier alpha value is -2.58. The quantitative estimate of drug-likeness (QED) is 0.444. The number of hydrogen-bond acceptors (Lipinski definition) is 6. The van der Waals surface area contributed by atoms with Crippen molar-refractivity contribution in [2.24, 2.45) is 0 Å². The molecule has 2 heterocycles. The van der Waals surface area contributed by atoms with Crippen molar-refractivity contribution in [3.63, 3.8) is 0 Å². The number of nitrogens with one attached hydrogen (secondary N) is 3. The number of carbonyl (C=O) groups is 4. The molecule has 0 radical (unpaired) electrons. The first-order valence-electron chi connectivity index (χ1n) is 9.23. The summed E-state index contributed by atoms with van der Waals surface area (Å²) in [5.74, 6) is -1.90. The molecule has 1 unspecified atom stereocenters. The molecule has 1 aromatic carbocycles. The minimum absolute atomic E-state index is 0.116. The summed E-state index contributed by atoms with van der Waals surface area (Å²) in [6.45, 7) is 2.24. The predicted molar refractivity (Wildman–Crippen MR) is 98.0 cm³/mol. The zero-order valence-electron chi connectivity index (χ0n) is 15.3. The van der Waals surface area contributed by atoms with Crippen LogP contribution in [-0.2, 0) is 16.1 Å². The maximum Gasteiger partial charge on any atom is 0.262 e. The standard InChI is InChI=1S/C19H24N4O4/c1-20-9-2-3-10-21-11-12-5-4-6-13-16(12)19(27)23(18(13)26)14-7-8-15(24)22-17(14)25/h4-6,14,20-21H,2-3,7-11H2,1H3,(H,22,24,25). The smallest absolute Gasteiger partial charge is 0.262 e. The molecule has 3 N–H and O–H groups in total. The van der Waals surface area contributed by atoms with E-state index in [-0.39, 0.29) is 18.7 Å². The van der Waals surface area contributed by atoms with Gasteiger partial charge in [-0.05, 0) is 51.0 Å². The van der Waals surface area contributed by atoms with Crippen molar-refractivity contribution in [1.29, 1.82) is 0 Å². The molecule has 1 saturated heterocycles. The van der Waals surface area contributed by atoms with Gasteiger partial charge in [-0.25, -0.2) is 0 Å². The second-order valence-corrected chi connectivity index (χ2v) is 6.77. The second-order valence-electron chi connectivity index (χ2n) is 6.77. The summed E-state index contributed by atoms with van der Waals surface area (Å²) in [6, 6.07) is 4.24. The Labute approximate surface area is 157 Å². The van der Waals surface area contributed by atoms with Crippen LogP contribution in [0.1, 0.15) is 52.0 Å². The molecule has 1 aromatic rings. The van der Waals surface area contributed by atoms with E-state index >= 15 is 0 Å². The van der Waals surface area contributed by atoms with Crippen LogP contribution in [0.25, 0.3) is 0 Å². The molecule has 2 aliphatic heterocycles. The molecule has 144 valence electrons. The lowest BCUT2D eigenvalue weighted by Crippen LogP contribution is -2.54. The highest BCUT2D eigenvalue weighted by atomic mass is 16.2. The van der Waals surface area contributed by atoms with E-state index in [1.807, 2.05) is 13.1 Å². The summed E-state index contributed by atoms with van der Waals surface area (Å²) < 4.78 is 0. The van der Waals surface area contributed by atoms with Crippen LogP contribution in [-0.4, -0.2) is 54.7 Å². The van der Waals surface area contributed by atoms with E-state index in [4.69, 9.17) is 0 Å². The maximum atomic E-state index is 12.9. The number of piperidine rings is 1. The van der Waals surface area contributed by atoms with Gasteiger partial charge >= 0.3 is 0 Å². The number of fused-ring (bicyclic) bond motifs is 1.